The topological polar surface area (TPSA) is 47.6 Å². The van der Waals surface area contributed by atoms with Gasteiger partial charge in [-0.25, -0.2) is 0 Å². The zero-order valence-corrected chi connectivity index (χ0v) is 14.2. The van der Waals surface area contributed by atoms with Crippen LogP contribution >= 0.6 is 0 Å². The van der Waals surface area contributed by atoms with Gasteiger partial charge in [-0.3, -0.25) is 4.79 Å². The molecule has 2 aromatic rings. The maximum absolute atomic E-state index is 12.0. The Morgan fingerprint density at radius 1 is 1.12 bits per heavy atom. The van der Waals surface area contributed by atoms with Crippen molar-refractivity contribution in [1.29, 1.82) is 0 Å². The molecule has 2 aromatic carbocycles. The predicted octanol–water partition coefficient (Wildman–Crippen LogP) is 3.19. The van der Waals surface area contributed by atoms with Crippen LogP contribution in [0.15, 0.2) is 42.5 Å². The molecule has 0 spiro atoms. The normalized spacial score (nSPS) is 15.8. The smallest absolute Gasteiger partial charge is 0.220 e. The van der Waals surface area contributed by atoms with E-state index in [-0.39, 0.29) is 12.0 Å². The third-order valence-corrected chi connectivity index (χ3v) is 4.31. The largest absolute Gasteiger partial charge is 0.486 e. The molecule has 1 aliphatic rings. The van der Waals surface area contributed by atoms with Crippen LogP contribution in [0, 0.1) is 13.8 Å². The number of para-hydroxylation sites is 2. The number of fused-ring (bicyclic) bond motifs is 1. The fraction of sp³-hybridized carbons (Fsp3) is 0.350. The average Bonchev–Trinajstić information content (AvgIpc) is 2.60. The second kappa shape index (κ2) is 7.39. The van der Waals surface area contributed by atoms with Crippen LogP contribution < -0.4 is 14.8 Å². The number of carbonyl (C=O) groups excluding carboxylic acids is 1. The lowest BCUT2D eigenvalue weighted by Crippen LogP contribution is -2.40. The summed E-state index contributed by atoms with van der Waals surface area (Å²) in [5.74, 6) is 1.53. The molecule has 1 N–H and O–H groups in total. The highest BCUT2D eigenvalue weighted by molar-refractivity contribution is 5.76. The Labute approximate surface area is 142 Å². The van der Waals surface area contributed by atoms with Crippen molar-refractivity contribution in [3.63, 3.8) is 0 Å². The van der Waals surface area contributed by atoms with Gasteiger partial charge in [0.25, 0.3) is 0 Å². The van der Waals surface area contributed by atoms with Crippen LogP contribution in [0.5, 0.6) is 11.5 Å². The second-order valence-electron chi connectivity index (χ2n) is 6.22. The van der Waals surface area contributed by atoms with E-state index >= 15 is 0 Å². The van der Waals surface area contributed by atoms with E-state index in [1.807, 2.05) is 24.3 Å². The lowest BCUT2D eigenvalue weighted by molar-refractivity contribution is -0.121. The summed E-state index contributed by atoms with van der Waals surface area (Å²) in [4.78, 5) is 12.0. The van der Waals surface area contributed by atoms with Gasteiger partial charge in [-0.2, -0.15) is 0 Å². The Morgan fingerprint density at radius 2 is 1.92 bits per heavy atom. The third-order valence-electron chi connectivity index (χ3n) is 4.31. The first-order chi connectivity index (χ1) is 11.6. The standard InChI is InChI=1S/C20H23NO3/c1-14-7-8-16(11-15(14)2)9-10-20(22)21-12-17-13-23-18-5-3-4-6-19(18)24-17/h3-8,11,17H,9-10,12-13H2,1-2H3,(H,21,22)/t17-/m0/s1. The zero-order valence-electron chi connectivity index (χ0n) is 14.2. The van der Waals surface area contributed by atoms with Gasteiger partial charge >= 0.3 is 0 Å². The van der Waals surface area contributed by atoms with Crippen LogP contribution in [0.2, 0.25) is 0 Å². The minimum absolute atomic E-state index is 0.0377. The number of aryl methyl sites for hydroxylation is 3. The van der Waals surface area contributed by atoms with E-state index in [0.717, 1.165) is 17.9 Å². The second-order valence-corrected chi connectivity index (χ2v) is 6.22. The van der Waals surface area contributed by atoms with Gasteiger partial charge in [0.15, 0.2) is 11.5 Å². The summed E-state index contributed by atoms with van der Waals surface area (Å²) in [6.45, 7) is 5.10. The molecular weight excluding hydrogens is 302 g/mol. The molecule has 0 aromatic heterocycles. The summed E-state index contributed by atoms with van der Waals surface area (Å²) < 4.78 is 11.5. The first-order valence-corrected chi connectivity index (χ1v) is 8.33. The maximum atomic E-state index is 12.0. The highest BCUT2D eigenvalue weighted by atomic mass is 16.6. The molecule has 0 saturated heterocycles. The van der Waals surface area contributed by atoms with Gasteiger partial charge in [-0.1, -0.05) is 30.3 Å². The summed E-state index contributed by atoms with van der Waals surface area (Å²) in [6, 6.07) is 13.9. The lowest BCUT2D eigenvalue weighted by atomic mass is 10.0. The molecule has 1 amide bonds. The molecule has 1 heterocycles. The van der Waals surface area contributed by atoms with Crippen molar-refractivity contribution in [2.24, 2.45) is 0 Å². The number of carbonyl (C=O) groups is 1. The van der Waals surface area contributed by atoms with Gasteiger partial charge in [-0.05, 0) is 49.1 Å². The van der Waals surface area contributed by atoms with Crippen molar-refractivity contribution in [3.05, 3.63) is 59.2 Å². The number of ether oxygens (including phenoxy) is 2. The Kier molecular flexibility index (Phi) is 5.04. The van der Waals surface area contributed by atoms with E-state index in [0.29, 0.717) is 19.6 Å². The molecular formula is C20H23NO3. The van der Waals surface area contributed by atoms with Crippen molar-refractivity contribution in [3.8, 4) is 11.5 Å². The Bertz CT molecular complexity index is 727. The van der Waals surface area contributed by atoms with E-state index in [1.165, 1.54) is 16.7 Å². The average molecular weight is 325 g/mol. The van der Waals surface area contributed by atoms with Gasteiger partial charge in [0.05, 0.1) is 6.54 Å². The molecule has 24 heavy (non-hydrogen) atoms. The van der Waals surface area contributed by atoms with Crippen molar-refractivity contribution in [1.82, 2.24) is 5.32 Å². The summed E-state index contributed by atoms with van der Waals surface area (Å²) >= 11 is 0. The van der Waals surface area contributed by atoms with E-state index in [2.05, 4.69) is 37.4 Å². The quantitative estimate of drug-likeness (QED) is 0.918. The van der Waals surface area contributed by atoms with Gasteiger partial charge in [-0.15, -0.1) is 0 Å². The molecule has 0 unspecified atom stereocenters. The zero-order chi connectivity index (χ0) is 16.9. The number of benzene rings is 2. The summed E-state index contributed by atoms with van der Waals surface area (Å²) in [5.41, 5.74) is 3.73. The van der Waals surface area contributed by atoms with Crippen molar-refractivity contribution < 1.29 is 14.3 Å². The first kappa shape index (κ1) is 16.4. The molecule has 0 aliphatic carbocycles. The molecule has 3 rings (SSSR count). The van der Waals surface area contributed by atoms with E-state index < -0.39 is 0 Å². The molecule has 0 bridgehead atoms. The lowest BCUT2D eigenvalue weighted by Gasteiger charge is -2.26. The number of hydrogen-bond donors (Lipinski definition) is 1. The van der Waals surface area contributed by atoms with Crippen molar-refractivity contribution >= 4 is 5.91 Å². The molecule has 126 valence electrons. The van der Waals surface area contributed by atoms with Gasteiger partial charge in [0.1, 0.15) is 12.7 Å². The minimum Gasteiger partial charge on any atom is -0.486 e. The molecule has 4 nitrogen and oxygen atoms in total. The molecule has 1 atom stereocenters. The van der Waals surface area contributed by atoms with Crippen LogP contribution in [-0.4, -0.2) is 25.2 Å². The molecule has 1 aliphatic heterocycles. The summed E-state index contributed by atoms with van der Waals surface area (Å²) in [7, 11) is 0. The van der Waals surface area contributed by atoms with Crippen LogP contribution in [0.25, 0.3) is 0 Å². The van der Waals surface area contributed by atoms with Gasteiger partial charge in [0, 0.05) is 6.42 Å². The van der Waals surface area contributed by atoms with Crippen LogP contribution in [0.4, 0.5) is 0 Å². The first-order valence-electron chi connectivity index (χ1n) is 8.33. The number of nitrogens with one attached hydrogen (secondary N) is 1. The molecule has 0 radical (unpaired) electrons. The van der Waals surface area contributed by atoms with Crippen molar-refractivity contribution in [2.45, 2.75) is 32.8 Å². The summed E-state index contributed by atoms with van der Waals surface area (Å²) in [6.07, 6.45) is 1.08. The number of hydrogen-bond acceptors (Lipinski definition) is 3. The Morgan fingerprint density at radius 3 is 2.71 bits per heavy atom. The van der Waals surface area contributed by atoms with Crippen molar-refractivity contribution in [2.75, 3.05) is 13.2 Å². The monoisotopic (exact) mass is 325 g/mol. The van der Waals surface area contributed by atoms with Crippen LogP contribution in [0.3, 0.4) is 0 Å². The predicted molar refractivity (Wildman–Crippen MR) is 93.6 cm³/mol. The van der Waals surface area contributed by atoms with E-state index in [9.17, 15) is 4.79 Å². The third kappa shape index (κ3) is 4.07. The van der Waals surface area contributed by atoms with Crippen LogP contribution in [-0.2, 0) is 11.2 Å². The number of rotatable bonds is 5. The fourth-order valence-electron chi connectivity index (χ4n) is 2.70. The van der Waals surface area contributed by atoms with Gasteiger partial charge in [0.2, 0.25) is 5.91 Å². The van der Waals surface area contributed by atoms with E-state index in [1.54, 1.807) is 0 Å². The highest BCUT2D eigenvalue weighted by Gasteiger charge is 2.20. The van der Waals surface area contributed by atoms with Gasteiger partial charge < -0.3 is 14.8 Å². The van der Waals surface area contributed by atoms with Crippen LogP contribution in [0.1, 0.15) is 23.1 Å². The molecule has 0 fully saturated rings. The molecule has 0 saturated carbocycles. The Balaban J connectivity index is 1.44. The number of amides is 1. The fourth-order valence-corrected chi connectivity index (χ4v) is 2.70. The van der Waals surface area contributed by atoms with E-state index in [4.69, 9.17) is 9.47 Å². The maximum Gasteiger partial charge on any atom is 0.220 e. The Hall–Kier alpha value is -2.49. The molecule has 4 heteroatoms. The highest BCUT2D eigenvalue weighted by Crippen LogP contribution is 2.30. The minimum atomic E-state index is -0.148. The summed E-state index contributed by atoms with van der Waals surface area (Å²) in [5, 5.41) is 2.94. The SMILES string of the molecule is Cc1ccc(CCC(=O)NC[C@H]2COc3ccccc3O2)cc1C.